The van der Waals surface area contributed by atoms with Gasteiger partial charge in [-0.3, -0.25) is 10.1 Å². The number of nitro benzene ring substituents is 1. The van der Waals surface area contributed by atoms with Crippen LogP contribution in [0.4, 0.5) is 11.4 Å². The third-order valence-corrected chi connectivity index (χ3v) is 3.91. The Hall–Kier alpha value is -2.75. The van der Waals surface area contributed by atoms with Crippen molar-refractivity contribution in [1.82, 2.24) is 5.32 Å². The van der Waals surface area contributed by atoms with Crippen LogP contribution in [0.15, 0.2) is 48.5 Å². The summed E-state index contributed by atoms with van der Waals surface area (Å²) in [6.45, 7) is -0.397. The van der Waals surface area contributed by atoms with E-state index in [9.17, 15) is 20.3 Å². The van der Waals surface area contributed by atoms with Crippen LogP contribution in [-0.2, 0) is 0 Å². The van der Waals surface area contributed by atoms with Crippen LogP contribution in [0.2, 0.25) is 0 Å². The maximum absolute atomic E-state index is 10.7. The van der Waals surface area contributed by atoms with Crippen LogP contribution >= 0.6 is 12.2 Å². The van der Waals surface area contributed by atoms with Gasteiger partial charge in [0.1, 0.15) is 11.9 Å². The van der Waals surface area contributed by atoms with Crippen LogP contribution in [0.1, 0.15) is 11.7 Å². The van der Waals surface area contributed by atoms with E-state index in [-0.39, 0.29) is 10.8 Å². The normalized spacial score (nSPS) is 12.7. The Morgan fingerprint density at radius 2 is 1.92 bits per heavy atom. The van der Waals surface area contributed by atoms with Crippen molar-refractivity contribution in [1.29, 1.82) is 0 Å². The molecule has 9 heteroatoms. The lowest BCUT2D eigenvalue weighted by Gasteiger charge is -2.24. The fraction of sp³-hybridized carbons (Fsp3) is 0.235. The summed E-state index contributed by atoms with van der Waals surface area (Å²) in [5.74, 6) is 0.591. The molecule has 138 valence electrons. The maximum atomic E-state index is 10.7. The fourth-order valence-electron chi connectivity index (χ4n) is 2.32. The summed E-state index contributed by atoms with van der Waals surface area (Å²) < 4.78 is 5.22. The Balaban J connectivity index is 2.05. The molecule has 0 heterocycles. The van der Waals surface area contributed by atoms with Crippen molar-refractivity contribution in [2.24, 2.45) is 0 Å². The van der Waals surface area contributed by atoms with Crippen molar-refractivity contribution in [3.05, 3.63) is 64.2 Å². The van der Waals surface area contributed by atoms with Gasteiger partial charge in [0.25, 0.3) is 5.69 Å². The molecule has 2 aromatic carbocycles. The van der Waals surface area contributed by atoms with E-state index >= 15 is 0 Å². The van der Waals surface area contributed by atoms with Gasteiger partial charge in [-0.2, -0.15) is 0 Å². The van der Waals surface area contributed by atoms with Crippen molar-refractivity contribution in [3.63, 3.8) is 0 Å². The molecule has 2 rings (SSSR count). The number of nitrogens with zero attached hydrogens (tertiary/aromatic N) is 1. The number of ether oxygens (including phenoxy) is 1. The van der Waals surface area contributed by atoms with Gasteiger partial charge < -0.3 is 25.6 Å². The molecule has 0 radical (unpaired) electrons. The first-order valence-electron chi connectivity index (χ1n) is 7.70. The van der Waals surface area contributed by atoms with E-state index in [4.69, 9.17) is 17.0 Å². The molecule has 0 aliphatic rings. The number of aliphatic hydroxyl groups excluding tert-OH is 2. The minimum Gasteiger partial charge on any atom is -0.495 e. The third-order valence-electron chi connectivity index (χ3n) is 3.69. The molecule has 2 aromatic rings. The summed E-state index contributed by atoms with van der Waals surface area (Å²) in [6.07, 6.45) is -1.11. The highest BCUT2D eigenvalue weighted by Crippen LogP contribution is 2.24. The highest BCUT2D eigenvalue weighted by atomic mass is 32.1. The van der Waals surface area contributed by atoms with E-state index in [2.05, 4.69) is 10.6 Å². The van der Waals surface area contributed by atoms with Crippen molar-refractivity contribution in [2.45, 2.75) is 12.1 Å². The highest BCUT2D eigenvalue weighted by Gasteiger charge is 2.22. The zero-order chi connectivity index (χ0) is 19.1. The van der Waals surface area contributed by atoms with Crippen molar-refractivity contribution in [3.8, 4) is 5.75 Å². The van der Waals surface area contributed by atoms with Gasteiger partial charge in [-0.15, -0.1) is 0 Å². The maximum Gasteiger partial charge on any atom is 0.269 e. The lowest BCUT2D eigenvalue weighted by molar-refractivity contribution is -0.384. The number of thiocarbonyl (C=S) groups is 1. The molecule has 0 bridgehead atoms. The van der Waals surface area contributed by atoms with Gasteiger partial charge in [-0.25, -0.2) is 0 Å². The number of hydrogen-bond acceptors (Lipinski definition) is 6. The van der Waals surface area contributed by atoms with Gasteiger partial charge in [-0.1, -0.05) is 12.1 Å². The zero-order valence-corrected chi connectivity index (χ0v) is 14.8. The fourth-order valence-corrected chi connectivity index (χ4v) is 2.59. The summed E-state index contributed by atoms with van der Waals surface area (Å²) in [5, 5.41) is 36.7. The highest BCUT2D eigenvalue weighted by molar-refractivity contribution is 7.80. The lowest BCUT2D eigenvalue weighted by Crippen LogP contribution is -2.43. The lowest BCUT2D eigenvalue weighted by atomic mass is 10.0. The molecular formula is C17H19N3O5S. The van der Waals surface area contributed by atoms with Crippen LogP contribution in [0.3, 0.4) is 0 Å². The number of methoxy groups -OCH3 is 1. The third kappa shape index (κ3) is 4.88. The number of anilines is 1. The first-order valence-corrected chi connectivity index (χ1v) is 8.11. The van der Waals surface area contributed by atoms with E-state index in [0.29, 0.717) is 17.0 Å². The minimum atomic E-state index is -1.11. The number of nitro groups is 1. The largest absolute Gasteiger partial charge is 0.495 e. The Labute approximate surface area is 155 Å². The standard InChI is InChI=1S/C17H19N3O5S/c1-25-15-5-3-2-4-13(15)18-17(26)19-14(10-21)16(22)11-6-8-12(9-7-11)20(23)24/h2-9,14,16,21-22H,10H2,1H3,(H2,18,19,26)/t14-,16+/m1/s1. The minimum absolute atomic E-state index is 0.0807. The van der Waals surface area contributed by atoms with Gasteiger partial charge in [0.2, 0.25) is 0 Å². The average Bonchev–Trinajstić information content (AvgIpc) is 2.66. The predicted octanol–water partition coefficient (Wildman–Crippen LogP) is 1.98. The number of non-ortho nitro benzene ring substituents is 1. The monoisotopic (exact) mass is 377 g/mol. The summed E-state index contributed by atoms with van der Waals surface area (Å²) in [7, 11) is 1.53. The van der Waals surface area contributed by atoms with Crippen molar-refractivity contribution in [2.75, 3.05) is 19.0 Å². The number of benzene rings is 2. The molecule has 0 aromatic heterocycles. The molecule has 0 saturated carbocycles. The first-order chi connectivity index (χ1) is 12.5. The van der Waals surface area contributed by atoms with E-state index in [1.54, 1.807) is 12.1 Å². The van der Waals surface area contributed by atoms with E-state index < -0.39 is 23.7 Å². The summed E-state index contributed by atoms with van der Waals surface area (Å²) in [6, 6.07) is 11.8. The van der Waals surface area contributed by atoms with Crippen LogP contribution in [-0.4, -0.2) is 40.0 Å². The summed E-state index contributed by atoms with van der Waals surface area (Å²) >= 11 is 5.22. The van der Waals surface area contributed by atoms with Gasteiger partial charge in [0.15, 0.2) is 5.11 Å². The van der Waals surface area contributed by atoms with Gasteiger partial charge in [0, 0.05) is 12.1 Å². The second-order valence-corrected chi connectivity index (χ2v) is 5.79. The van der Waals surface area contributed by atoms with Crippen LogP contribution in [0.5, 0.6) is 5.75 Å². The second-order valence-electron chi connectivity index (χ2n) is 5.38. The second kappa shape index (κ2) is 9.09. The molecule has 26 heavy (non-hydrogen) atoms. The Kier molecular flexibility index (Phi) is 6.84. The summed E-state index contributed by atoms with van der Waals surface area (Å²) in [5.41, 5.74) is 0.971. The molecule has 8 nitrogen and oxygen atoms in total. The number of rotatable bonds is 7. The topological polar surface area (TPSA) is 117 Å². The van der Waals surface area contributed by atoms with E-state index in [1.165, 1.54) is 31.4 Å². The number of nitrogens with one attached hydrogen (secondary N) is 2. The molecule has 0 unspecified atom stereocenters. The summed E-state index contributed by atoms with van der Waals surface area (Å²) in [4.78, 5) is 10.2. The number of para-hydroxylation sites is 2. The van der Waals surface area contributed by atoms with Crippen molar-refractivity contribution < 1.29 is 19.9 Å². The molecule has 2 atom stereocenters. The molecule has 0 amide bonds. The Morgan fingerprint density at radius 3 is 2.50 bits per heavy atom. The Morgan fingerprint density at radius 1 is 1.27 bits per heavy atom. The average molecular weight is 377 g/mol. The number of hydrogen-bond donors (Lipinski definition) is 4. The molecule has 0 aliphatic carbocycles. The quantitative estimate of drug-likeness (QED) is 0.329. The smallest absolute Gasteiger partial charge is 0.269 e. The molecule has 0 saturated heterocycles. The van der Waals surface area contributed by atoms with Gasteiger partial charge in [-0.05, 0) is 42.0 Å². The van der Waals surface area contributed by atoms with Gasteiger partial charge >= 0.3 is 0 Å². The van der Waals surface area contributed by atoms with Crippen LogP contribution in [0.25, 0.3) is 0 Å². The Bertz CT molecular complexity index is 769. The molecule has 0 spiro atoms. The van der Waals surface area contributed by atoms with Crippen LogP contribution in [0, 0.1) is 10.1 Å². The predicted molar refractivity (Wildman–Crippen MR) is 101 cm³/mol. The van der Waals surface area contributed by atoms with Crippen LogP contribution < -0.4 is 15.4 Å². The SMILES string of the molecule is COc1ccccc1NC(=S)N[C@H](CO)[C@@H](O)c1ccc([N+](=O)[O-])cc1. The molecule has 0 fully saturated rings. The molecule has 0 aliphatic heterocycles. The van der Waals surface area contributed by atoms with E-state index in [0.717, 1.165) is 0 Å². The first kappa shape index (κ1) is 19.6. The molecular weight excluding hydrogens is 358 g/mol. The van der Waals surface area contributed by atoms with E-state index in [1.807, 2.05) is 12.1 Å². The zero-order valence-electron chi connectivity index (χ0n) is 14.0. The number of aliphatic hydroxyl groups is 2. The van der Waals surface area contributed by atoms with Gasteiger partial charge in [0.05, 0.1) is 30.4 Å². The molecule has 4 N–H and O–H groups in total. The van der Waals surface area contributed by atoms with Crippen molar-refractivity contribution >= 4 is 28.7 Å².